The maximum absolute atomic E-state index is 11.9. The van der Waals surface area contributed by atoms with E-state index in [1.807, 2.05) is 12.1 Å². The molecule has 6 nitrogen and oxygen atoms in total. The molecular weight excluding hydrogens is 308 g/mol. The molecule has 6 heteroatoms. The number of anilines is 1. The van der Waals surface area contributed by atoms with Gasteiger partial charge in [-0.1, -0.05) is 19.1 Å². The minimum Gasteiger partial charge on any atom is -0.481 e. The van der Waals surface area contributed by atoms with Crippen LogP contribution in [0, 0.1) is 11.8 Å². The fraction of sp³-hybridized carbons (Fsp3) is 0.500. The summed E-state index contributed by atoms with van der Waals surface area (Å²) < 4.78 is 0. The monoisotopic (exact) mass is 332 g/mol. The summed E-state index contributed by atoms with van der Waals surface area (Å²) in [5, 5.41) is 14.5. The Labute approximate surface area is 141 Å². The first-order valence-corrected chi connectivity index (χ1v) is 8.35. The fourth-order valence-electron chi connectivity index (χ4n) is 2.34. The van der Waals surface area contributed by atoms with Crippen LogP contribution in [-0.4, -0.2) is 29.4 Å². The standard InChI is InChI=1S/C18H24N2O4/c1-12(18(23)24)11-13-4-8-15(9-5-13)20-16(21)3-2-10-19-17(22)14-6-7-14/h4-5,8-9,12,14H,2-3,6-7,10-11H2,1H3,(H,19,22)(H,20,21)(H,23,24). The highest BCUT2D eigenvalue weighted by Crippen LogP contribution is 2.28. The van der Waals surface area contributed by atoms with E-state index in [1.54, 1.807) is 19.1 Å². The predicted molar refractivity (Wildman–Crippen MR) is 90.5 cm³/mol. The number of aliphatic carboxylic acids is 1. The largest absolute Gasteiger partial charge is 0.481 e. The van der Waals surface area contributed by atoms with E-state index in [0.717, 1.165) is 18.4 Å². The van der Waals surface area contributed by atoms with Gasteiger partial charge in [-0.05, 0) is 43.4 Å². The molecule has 2 amide bonds. The Morgan fingerprint density at radius 1 is 1.21 bits per heavy atom. The lowest BCUT2D eigenvalue weighted by molar-refractivity contribution is -0.141. The molecule has 1 aromatic rings. The Balaban J connectivity index is 1.67. The molecule has 130 valence electrons. The summed E-state index contributed by atoms with van der Waals surface area (Å²) >= 11 is 0. The average Bonchev–Trinajstić information content (AvgIpc) is 3.38. The van der Waals surface area contributed by atoms with Crippen molar-refractivity contribution in [2.45, 2.75) is 39.0 Å². The predicted octanol–water partition coefficient (Wildman–Crippen LogP) is 2.19. The lowest BCUT2D eigenvalue weighted by Gasteiger charge is -2.09. The lowest BCUT2D eigenvalue weighted by Crippen LogP contribution is -2.26. The van der Waals surface area contributed by atoms with Gasteiger partial charge in [-0.2, -0.15) is 0 Å². The number of rotatable bonds is 9. The molecule has 1 aliphatic carbocycles. The first-order chi connectivity index (χ1) is 11.5. The Hall–Kier alpha value is -2.37. The smallest absolute Gasteiger partial charge is 0.306 e. The first-order valence-electron chi connectivity index (χ1n) is 8.35. The molecule has 3 N–H and O–H groups in total. The maximum atomic E-state index is 11.9. The molecular formula is C18H24N2O4. The fourth-order valence-corrected chi connectivity index (χ4v) is 2.34. The average molecular weight is 332 g/mol. The van der Waals surface area contributed by atoms with Gasteiger partial charge < -0.3 is 15.7 Å². The first kappa shape index (κ1) is 18.0. The molecule has 1 saturated carbocycles. The minimum absolute atomic E-state index is 0.0951. The Kier molecular flexibility index (Phi) is 6.35. The van der Waals surface area contributed by atoms with Crippen molar-refractivity contribution in [3.8, 4) is 0 Å². The number of carboxylic acid groups (broad SMARTS) is 1. The van der Waals surface area contributed by atoms with Gasteiger partial charge in [-0.25, -0.2) is 0 Å². The van der Waals surface area contributed by atoms with Crippen LogP contribution in [-0.2, 0) is 20.8 Å². The summed E-state index contributed by atoms with van der Waals surface area (Å²) in [6.07, 6.45) is 3.38. The van der Waals surface area contributed by atoms with E-state index >= 15 is 0 Å². The van der Waals surface area contributed by atoms with E-state index < -0.39 is 11.9 Å². The molecule has 0 bridgehead atoms. The van der Waals surface area contributed by atoms with Gasteiger partial charge in [0.05, 0.1) is 5.92 Å². The maximum Gasteiger partial charge on any atom is 0.306 e. The van der Waals surface area contributed by atoms with Crippen LogP contribution >= 0.6 is 0 Å². The normalized spacial score (nSPS) is 14.7. The van der Waals surface area contributed by atoms with Gasteiger partial charge in [-0.15, -0.1) is 0 Å². The molecule has 0 spiro atoms. The van der Waals surface area contributed by atoms with Crippen molar-refractivity contribution in [2.24, 2.45) is 11.8 Å². The van der Waals surface area contributed by atoms with Crippen LogP contribution in [0.2, 0.25) is 0 Å². The summed E-state index contributed by atoms with van der Waals surface area (Å²) in [5.74, 6) is -1.05. The molecule has 0 heterocycles. The summed E-state index contributed by atoms with van der Waals surface area (Å²) in [6, 6.07) is 7.20. The van der Waals surface area contributed by atoms with Gasteiger partial charge >= 0.3 is 5.97 Å². The molecule has 1 atom stereocenters. The molecule has 1 fully saturated rings. The van der Waals surface area contributed by atoms with E-state index in [9.17, 15) is 14.4 Å². The number of carboxylic acids is 1. The van der Waals surface area contributed by atoms with Crippen LogP contribution in [0.1, 0.15) is 38.2 Å². The third-order valence-corrected chi connectivity index (χ3v) is 4.03. The van der Waals surface area contributed by atoms with E-state index in [0.29, 0.717) is 31.5 Å². The van der Waals surface area contributed by atoms with Gasteiger partial charge in [0, 0.05) is 24.6 Å². The topological polar surface area (TPSA) is 95.5 Å². The van der Waals surface area contributed by atoms with Crippen LogP contribution in [0.5, 0.6) is 0 Å². The molecule has 0 radical (unpaired) electrons. The second kappa shape index (κ2) is 8.47. The summed E-state index contributed by atoms with van der Waals surface area (Å²) in [4.78, 5) is 34.1. The number of carbonyl (C=O) groups excluding carboxylic acids is 2. The summed E-state index contributed by atoms with van der Waals surface area (Å²) in [5.41, 5.74) is 1.61. The van der Waals surface area contributed by atoms with Gasteiger partial charge in [0.1, 0.15) is 0 Å². The minimum atomic E-state index is -0.818. The van der Waals surface area contributed by atoms with Crippen molar-refractivity contribution < 1.29 is 19.5 Å². The van der Waals surface area contributed by atoms with Crippen LogP contribution < -0.4 is 10.6 Å². The van der Waals surface area contributed by atoms with Crippen LogP contribution in [0.15, 0.2) is 24.3 Å². The zero-order valence-corrected chi connectivity index (χ0v) is 13.9. The third kappa shape index (κ3) is 6.02. The quantitative estimate of drug-likeness (QED) is 0.604. The number of amides is 2. The van der Waals surface area contributed by atoms with Crippen molar-refractivity contribution >= 4 is 23.5 Å². The molecule has 0 aromatic heterocycles. The summed E-state index contributed by atoms with van der Waals surface area (Å²) in [6.45, 7) is 2.19. The molecule has 1 aromatic carbocycles. The van der Waals surface area contributed by atoms with Gasteiger partial charge in [0.2, 0.25) is 11.8 Å². The van der Waals surface area contributed by atoms with Crippen molar-refractivity contribution in [1.29, 1.82) is 0 Å². The number of hydrogen-bond acceptors (Lipinski definition) is 3. The Morgan fingerprint density at radius 3 is 2.46 bits per heavy atom. The zero-order chi connectivity index (χ0) is 17.5. The van der Waals surface area contributed by atoms with E-state index in [2.05, 4.69) is 10.6 Å². The number of benzene rings is 1. The Bertz CT molecular complexity index is 594. The second-order valence-electron chi connectivity index (χ2n) is 6.36. The van der Waals surface area contributed by atoms with Crippen LogP contribution in [0.25, 0.3) is 0 Å². The van der Waals surface area contributed by atoms with Crippen molar-refractivity contribution in [2.75, 3.05) is 11.9 Å². The highest BCUT2D eigenvalue weighted by Gasteiger charge is 2.28. The van der Waals surface area contributed by atoms with Crippen molar-refractivity contribution in [3.05, 3.63) is 29.8 Å². The molecule has 0 saturated heterocycles. The van der Waals surface area contributed by atoms with Crippen molar-refractivity contribution in [1.82, 2.24) is 5.32 Å². The number of hydrogen-bond donors (Lipinski definition) is 3. The molecule has 1 unspecified atom stereocenters. The highest BCUT2D eigenvalue weighted by atomic mass is 16.4. The van der Waals surface area contributed by atoms with Gasteiger partial charge in [0.25, 0.3) is 0 Å². The highest BCUT2D eigenvalue weighted by molar-refractivity contribution is 5.90. The van der Waals surface area contributed by atoms with E-state index in [1.165, 1.54) is 0 Å². The zero-order valence-electron chi connectivity index (χ0n) is 13.9. The molecule has 1 aliphatic rings. The number of nitrogens with one attached hydrogen (secondary N) is 2. The van der Waals surface area contributed by atoms with Crippen LogP contribution in [0.4, 0.5) is 5.69 Å². The molecule has 0 aliphatic heterocycles. The third-order valence-electron chi connectivity index (χ3n) is 4.03. The SMILES string of the molecule is CC(Cc1ccc(NC(=O)CCCNC(=O)C2CC2)cc1)C(=O)O. The summed E-state index contributed by atoms with van der Waals surface area (Å²) in [7, 11) is 0. The van der Waals surface area contributed by atoms with Crippen LogP contribution in [0.3, 0.4) is 0 Å². The van der Waals surface area contributed by atoms with E-state index in [-0.39, 0.29) is 17.7 Å². The molecule has 2 rings (SSSR count). The van der Waals surface area contributed by atoms with E-state index in [4.69, 9.17) is 5.11 Å². The molecule has 24 heavy (non-hydrogen) atoms. The van der Waals surface area contributed by atoms with Crippen molar-refractivity contribution in [3.63, 3.8) is 0 Å². The number of carbonyl (C=O) groups is 3. The van der Waals surface area contributed by atoms with Gasteiger partial charge in [0.15, 0.2) is 0 Å². The lowest BCUT2D eigenvalue weighted by atomic mass is 10.0. The second-order valence-corrected chi connectivity index (χ2v) is 6.36. The van der Waals surface area contributed by atoms with Gasteiger partial charge in [-0.3, -0.25) is 14.4 Å². The Morgan fingerprint density at radius 2 is 1.88 bits per heavy atom.